The van der Waals surface area contributed by atoms with Crippen LogP contribution >= 0.6 is 0 Å². The number of likely N-dealkylation sites (tertiary alicyclic amines) is 1. The second-order valence-electron chi connectivity index (χ2n) is 7.81. The number of aromatic nitrogens is 2. The van der Waals surface area contributed by atoms with Crippen LogP contribution in [0, 0.1) is 11.8 Å². The average Bonchev–Trinajstić information content (AvgIpc) is 2.59. The molecule has 26 heavy (non-hydrogen) atoms. The van der Waals surface area contributed by atoms with E-state index in [-0.39, 0.29) is 17.5 Å². The number of carbonyl (C=O) groups excluding carboxylic acids is 1. The van der Waals surface area contributed by atoms with E-state index >= 15 is 0 Å². The minimum atomic E-state index is -0.260. The van der Waals surface area contributed by atoms with Gasteiger partial charge in [-0.2, -0.15) is 0 Å². The number of carbonyl (C=O) groups is 1. The topological polar surface area (TPSA) is 69.3 Å². The summed E-state index contributed by atoms with van der Waals surface area (Å²) in [5.41, 5.74) is 0.536. The van der Waals surface area contributed by atoms with Gasteiger partial charge in [0.25, 0.3) is 5.56 Å². The fourth-order valence-corrected chi connectivity index (χ4v) is 3.88. The zero-order chi connectivity index (χ0) is 18.8. The molecule has 6 nitrogen and oxygen atoms in total. The van der Waals surface area contributed by atoms with E-state index in [1.807, 2.05) is 42.0 Å². The largest absolute Gasteiger partial charge is 0.341 e. The van der Waals surface area contributed by atoms with Crippen LogP contribution in [0.4, 0.5) is 0 Å². The SMILES string of the molecule is C[C@@H]1C[C@H](C)CN(C(=O)[C@@H](C)N(C)Cc2nc3ccccc3c(=O)[nH]2)C1. The molecule has 2 aromatic rings. The summed E-state index contributed by atoms with van der Waals surface area (Å²) in [4.78, 5) is 36.4. The summed E-state index contributed by atoms with van der Waals surface area (Å²) in [7, 11) is 1.90. The van der Waals surface area contributed by atoms with Crippen LogP contribution in [0.2, 0.25) is 0 Å². The van der Waals surface area contributed by atoms with Crippen molar-refractivity contribution >= 4 is 16.8 Å². The summed E-state index contributed by atoms with van der Waals surface area (Å²) in [5, 5.41) is 0.583. The predicted octanol–water partition coefficient (Wildman–Crippen LogP) is 2.25. The standard InChI is InChI=1S/C20H28N4O2/c1-13-9-14(2)11-24(10-13)20(26)15(3)23(4)12-18-21-17-8-6-5-7-16(17)19(25)22-18/h5-8,13-15H,9-12H2,1-4H3,(H,21,22,25)/t13-,14+,15-/m1/s1. The number of nitrogens with zero attached hydrogens (tertiary/aromatic N) is 3. The number of para-hydroxylation sites is 1. The van der Waals surface area contributed by atoms with E-state index in [9.17, 15) is 9.59 Å². The number of hydrogen-bond donors (Lipinski definition) is 1. The Kier molecular flexibility index (Phi) is 5.41. The lowest BCUT2D eigenvalue weighted by molar-refractivity contribution is -0.138. The molecule has 1 amide bonds. The summed E-state index contributed by atoms with van der Waals surface area (Å²) in [6, 6.07) is 7.03. The minimum absolute atomic E-state index is 0.142. The molecule has 1 aliphatic heterocycles. The second kappa shape index (κ2) is 7.58. The number of nitrogens with one attached hydrogen (secondary N) is 1. The summed E-state index contributed by atoms with van der Waals surface area (Å²) in [5.74, 6) is 1.81. The van der Waals surface area contributed by atoms with Gasteiger partial charge >= 0.3 is 0 Å². The molecule has 0 spiro atoms. The highest BCUT2D eigenvalue weighted by Crippen LogP contribution is 2.22. The third-order valence-electron chi connectivity index (χ3n) is 5.26. The van der Waals surface area contributed by atoms with Gasteiger partial charge in [-0.15, -0.1) is 0 Å². The van der Waals surface area contributed by atoms with Crippen LogP contribution in [0.25, 0.3) is 10.9 Å². The van der Waals surface area contributed by atoms with Crippen molar-refractivity contribution in [2.45, 2.75) is 39.8 Å². The molecule has 0 bridgehead atoms. The van der Waals surface area contributed by atoms with Crippen molar-refractivity contribution in [3.05, 3.63) is 40.4 Å². The maximum absolute atomic E-state index is 12.9. The number of likely N-dealkylation sites (N-methyl/N-ethyl adjacent to an activating group) is 1. The van der Waals surface area contributed by atoms with Crippen molar-refractivity contribution in [1.82, 2.24) is 19.8 Å². The number of fused-ring (bicyclic) bond motifs is 1. The van der Waals surface area contributed by atoms with E-state index in [0.717, 1.165) is 13.1 Å². The highest BCUT2D eigenvalue weighted by atomic mass is 16.2. The lowest BCUT2D eigenvalue weighted by atomic mass is 9.91. The first-order valence-electron chi connectivity index (χ1n) is 9.32. The molecule has 1 aromatic heterocycles. The Hall–Kier alpha value is -2.21. The van der Waals surface area contributed by atoms with Crippen LogP contribution in [-0.2, 0) is 11.3 Å². The molecule has 140 valence electrons. The number of amides is 1. The molecule has 0 unspecified atom stereocenters. The third-order valence-corrected chi connectivity index (χ3v) is 5.26. The van der Waals surface area contributed by atoms with Crippen molar-refractivity contribution in [2.24, 2.45) is 11.8 Å². The first-order chi connectivity index (χ1) is 12.3. The van der Waals surface area contributed by atoms with Crippen LogP contribution in [-0.4, -0.2) is 51.9 Å². The van der Waals surface area contributed by atoms with Crippen LogP contribution in [0.3, 0.4) is 0 Å². The summed E-state index contributed by atoms with van der Waals surface area (Å²) >= 11 is 0. The summed E-state index contributed by atoms with van der Waals surface area (Å²) < 4.78 is 0. The van der Waals surface area contributed by atoms with Gasteiger partial charge < -0.3 is 9.88 Å². The number of H-pyrrole nitrogens is 1. The fraction of sp³-hybridized carbons (Fsp3) is 0.550. The van der Waals surface area contributed by atoms with Gasteiger partial charge in [0.05, 0.1) is 23.5 Å². The number of benzene rings is 1. The second-order valence-corrected chi connectivity index (χ2v) is 7.81. The van der Waals surface area contributed by atoms with Gasteiger partial charge in [-0.05, 0) is 44.4 Å². The van der Waals surface area contributed by atoms with Crippen LogP contribution in [0.15, 0.2) is 29.1 Å². The van der Waals surface area contributed by atoms with E-state index in [1.165, 1.54) is 6.42 Å². The fourth-order valence-electron chi connectivity index (χ4n) is 3.88. The number of aromatic amines is 1. The molecule has 1 fully saturated rings. The highest BCUT2D eigenvalue weighted by molar-refractivity contribution is 5.81. The van der Waals surface area contributed by atoms with Gasteiger partial charge in [-0.25, -0.2) is 4.98 Å². The molecule has 1 saturated heterocycles. The molecule has 1 aliphatic rings. The van der Waals surface area contributed by atoms with Gasteiger partial charge in [-0.1, -0.05) is 26.0 Å². The van der Waals surface area contributed by atoms with Crippen molar-refractivity contribution < 1.29 is 4.79 Å². The van der Waals surface area contributed by atoms with E-state index in [1.54, 1.807) is 6.07 Å². The Labute approximate surface area is 154 Å². The van der Waals surface area contributed by atoms with Gasteiger partial charge in [-0.3, -0.25) is 14.5 Å². The molecule has 1 aromatic carbocycles. The van der Waals surface area contributed by atoms with Gasteiger partial charge in [0.2, 0.25) is 5.91 Å². The monoisotopic (exact) mass is 356 g/mol. The lowest BCUT2D eigenvalue weighted by Crippen LogP contribution is -2.50. The van der Waals surface area contributed by atoms with E-state index < -0.39 is 0 Å². The Morgan fingerprint density at radius 3 is 2.65 bits per heavy atom. The molecule has 0 aliphatic carbocycles. The lowest BCUT2D eigenvalue weighted by Gasteiger charge is -2.38. The third kappa shape index (κ3) is 3.96. The average molecular weight is 356 g/mol. The molecular weight excluding hydrogens is 328 g/mol. The zero-order valence-electron chi connectivity index (χ0n) is 16.0. The predicted molar refractivity (Wildman–Crippen MR) is 103 cm³/mol. The van der Waals surface area contributed by atoms with Crippen LogP contribution < -0.4 is 5.56 Å². The molecule has 0 saturated carbocycles. The quantitative estimate of drug-likeness (QED) is 0.912. The normalized spacial score (nSPS) is 22.0. The maximum atomic E-state index is 12.9. The molecule has 3 atom stereocenters. The maximum Gasteiger partial charge on any atom is 0.258 e. The Morgan fingerprint density at radius 1 is 1.31 bits per heavy atom. The number of piperidine rings is 1. The molecule has 2 heterocycles. The van der Waals surface area contributed by atoms with Crippen molar-refractivity contribution in [2.75, 3.05) is 20.1 Å². The van der Waals surface area contributed by atoms with E-state index in [4.69, 9.17) is 0 Å². The van der Waals surface area contributed by atoms with Crippen molar-refractivity contribution in [1.29, 1.82) is 0 Å². The first kappa shape index (κ1) is 18.6. The van der Waals surface area contributed by atoms with Crippen molar-refractivity contribution in [3.8, 4) is 0 Å². The molecule has 1 N–H and O–H groups in total. The van der Waals surface area contributed by atoms with Gasteiger partial charge in [0, 0.05) is 13.1 Å². The molecule has 3 rings (SSSR count). The van der Waals surface area contributed by atoms with E-state index in [0.29, 0.717) is 35.1 Å². The molecule has 0 radical (unpaired) electrons. The highest BCUT2D eigenvalue weighted by Gasteiger charge is 2.30. The number of rotatable bonds is 4. The molecule has 6 heteroatoms. The van der Waals surface area contributed by atoms with Gasteiger partial charge in [0.15, 0.2) is 0 Å². The minimum Gasteiger partial charge on any atom is -0.341 e. The van der Waals surface area contributed by atoms with Gasteiger partial charge in [0.1, 0.15) is 5.82 Å². The molecular formula is C20H28N4O2. The van der Waals surface area contributed by atoms with E-state index in [2.05, 4.69) is 23.8 Å². The van der Waals surface area contributed by atoms with Crippen LogP contribution in [0.5, 0.6) is 0 Å². The Balaban J connectivity index is 1.72. The zero-order valence-corrected chi connectivity index (χ0v) is 16.0. The smallest absolute Gasteiger partial charge is 0.258 e. The number of hydrogen-bond acceptors (Lipinski definition) is 4. The Bertz CT molecular complexity index is 837. The summed E-state index contributed by atoms with van der Waals surface area (Å²) in [6.07, 6.45) is 1.18. The van der Waals surface area contributed by atoms with Crippen LogP contribution in [0.1, 0.15) is 33.0 Å². The summed E-state index contributed by atoms with van der Waals surface area (Å²) in [6.45, 7) is 8.40. The Morgan fingerprint density at radius 2 is 1.96 bits per heavy atom. The first-order valence-corrected chi connectivity index (χ1v) is 9.32. The van der Waals surface area contributed by atoms with Crippen molar-refractivity contribution in [3.63, 3.8) is 0 Å².